The second-order valence-corrected chi connectivity index (χ2v) is 6.94. The Morgan fingerprint density at radius 3 is 2.68 bits per heavy atom. The van der Waals surface area contributed by atoms with Gasteiger partial charge < -0.3 is 4.74 Å². The van der Waals surface area contributed by atoms with Gasteiger partial charge in [0, 0.05) is 22.7 Å². The van der Waals surface area contributed by atoms with Gasteiger partial charge in [0.1, 0.15) is 5.75 Å². The van der Waals surface area contributed by atoms with Crippen LogP contribution >= 0.6 is 11.3 Å². The average Bonchev–Trinajstić information content (AvgIpc) is 3.22. The molecular formula is C22H15N3O2S. The van der Waals surface area contributed by atoms with Gasteiger partial charge in [-0.05, 0) is 23.8 Å². The number of benzene rings is 2. The highest BCUT2D eigenvalue weighted by molar-refractivity contribution is 7.15. The van der Waals surface area contributed by atoms with Crippen LogP contribution in [0.25, 0.3) is 21.7 Å². The number of para-hydroxylation sites is 1. The van der Waals surface area contributed by atoms with Gasteiger partial charge in [-0.25, -0.2) is 4.98 Å². The third kappa shape index (κ3) is 2.88. The molecule has 6 heteroatoms. The van der Waals surface area contributed by atoms with E-state index in [1.54, 1.807) is 37.6 Å². The molecule has 0 amide bonds. The Morgan fingerprint density at radius 1 is 1.21 bits per heavy atom. The van der Waals surface area contributed by atoms with Crippen molar-refractivity contribution in [3.05, 3.63) is 93.9 Å². The van der Waals surface area contributed by atoms with E-state index < -0.39 is 0 Å². The van der Waals surface area contributed by atoms with Crippen LogP contribution < -0.4 is 10.3 Å². The van der Waals surface area contributed by atoms with Crippen LogP contribution in [0.5, 0.6) is 5.75 Å². The zero-order valence-electron chi connectivity index (χ0n) is 15.0. The Kier molecular flexibility index (Phi) is 4.52. The van der Waals surface area contributed by atoms with Crippen molar-refractivity contribution in [3.63, 3.8) is 0 Å². The van der Waals surface area contributed by atoms with E-state index in [2.05, 4.69) is 12.6 Å². The molecule has 0 fully saturated rings. The maximum absolute atomic E-state index is 13.2. The molecule has 0 aliphatic carbocycles. The molecule has 0 saturated carbocycles. The molecule has 0 aliphatic heterocycles. The van der Waals surface area contributed by atoms with Crippen LogP contribution in [0, 0.1) is 11.3 Å². The van der Waals surface area contributed by atoms with E-state index >= 15 is 0 Å². The summed E-state index contributed by atoms with van der Waals surface area (Å²) >= 11 is 1.38. The predicted molar refractivity (Wildman–Crippen MR) is 111 cm³/mol. The second-order valence-electron chi connectivity index (χ2n) is 6.06. The number of ether oxygens (including phenoxy) is 1. The smallest absolute Gasteiger partial charge is 0.267 e. The number of hydrogen-bond donors (Lipinski definition) is 0. The Labute approximate surface area is 165 Å². The average molecular weight is 385 g/mol. The summed E-state index contributed by atoms with van der Waals surface area (Å²) in [5.74, 6) is 0.659. The van der Waals surface area contributed by atoms with Crippen LogP contribution in [0.4, 0.5) is 0 Å². The molecule has 2 aromatic heterocycles. The zero-order valence-corrected chi connectivity index (χ0v) is 15.9. The summed E-state index contributed by atoms with van der Waals surface area (Å²) < 4.78 is 6.99. The van der Waals surface area contributed by atoms with Crippen LogP contribution in [-0.4, -0.2) is 16.5 Å². The van der Waals surface area contributed by atoms with E-state index in [1.807, 2.05) is 29.6 Å². The minimum absolute atomic E-state index is 0.179. The number of hydrogen-bond acceptors (Lipinski definition) is 5. The van der Waals surface area contributed by atoms with E-state index in [4.69, 9.17) is 15.0 Å². The molecule has 5 nitrogen and oxygen atoms in total. The number of nitriles is 1. The SMILES string of the molecule is C=C(c1ccccc1OC)c1nc2sccn2c(=O)c1-c1ccc(C#N)cc1. The molecule has 0 radical (unpaired) electrons. The molecule has 0 spiro atoms. The van der Waals surface area contributed by atoms with Gasteiger partial charge in [0.05, 0.1) is 30.0 Å². The fraction of sp³-hybridized carbons (Fsp3) is 0.0455. The molecule has 136 valence electrons. The first-order valence-corrected chi connectivity index (χ1v) is 9.35. The van der Waals surface area contributed by atoms with Crippen molar-refractivity contribution in [1.82, 2.24) is 9.38 Å². The normalized spacial score (nSPS) is 10.6. The quantitative estimate of drug-likeness (QED) is 0.523. The number of methoxy groups -OCH3 is 1. The van der Waals surface area contributed by atoms with Crippen molar-refractivity contribution in [1.29, 1.82) is 5.26 Å². The third-order valence-electron chi connectivity index (χ3n) is 4.49. The van der Waals surface area contributed by atoms with E-state index in [0.717, 1.165) is 5.56 Å². The van der Waals surface area contributed by atoms with Gasteiger partial charge in [0.2, 0.25) is 0 Å². The summed E-state index contributed by atoms with van der Waals surface area (Å²) in [7, 11) is 1.60. The molecule has 0 bridgehead atoms. The third-order valence-corrected chi connectivity index (χ3v) is 5.24. The van der Waals surface area contributed by atoms with E-state index in [9.17, 15) is 4.79 Å². The molecule has 4 rings (SSSR count). The van der Waals surface area contributed by atoms with Crippen molar-refractivity contribution in [2.24, 2.45) is 0 Å². The highest BCUT2D eigenvalue weighted by atomic mass is 32.1. The Balaban J connectivity index is 2.00. The van der Waals surface area contributed by atoms with Crippen LogP contribution in [0.3, 0.4) is 0 Å². The van der Waals surface area contributed by atoms with Gasteiger partial charge >= 0.3 is 0 Å². The molecule has 28 heavy (non-hydrogen) atoms. The first-order chi connectivity index (χ1) is 13.6. The summed E-state index contributed by atoms with van der Waals surface area (Å²) in [6.07, 6.45) is 1.71. The number of rotatable bonds is 4. The lowest BCUT2D eigenvalue weighted by Crippen LogP contribution is -2.18. The Hall–Kier alpha value is -3.69. The van der Waals surface area contributed by atoms with Gasteiger partial charge in [-0.15, -0.1) is 11.3 Å². The van der Waals surface area contributed by atoms with Crippen LogP contribution in [-0.2, 0) is 0 Å². The lowest BCUT2D eigenvalue weighted by Gasteiger charge is -2.14. The second kappa shape index (κ2) is 7.14. The minimum Gasteiger partial charge on any atom is -0.496 e. The summed E-state index contributed by atoms with van der Waals surface area (Å²) in [6.45, 7) is 4.22. The monoisotopic (exact) mass is 385 g/mol. The van der Waals surface area contributed by atoms with E-state index in [-0.39, 0.29) is 5.56 Å². The van der Waals surface area contributed by atoms with Gasteiger partial charge in [-0.3, -0.25) is 9.20 Å². The van der Waals surface area contributed by atoms with Crippen molar-refractivity contribution in [3.8, 4) is 22.9 Å². The van der Waals surface area contributed by atoms with Crippen molar-refractivity contribution in [2.45, 2.75) is 0 Å². The fourth-order valence-corrected chi connectivity index (χ4v) is 3.80. The maximum atomic E-state index is 13.2. The molecule has 2 aromatic carbocycles. The van der Waals surface area contributed by atoms with Crippen molar-refractivity contribution in [2.75, 3.05) is 7.11 Å². The molecule has 0 saturated heterocycles. The van der Waals surface area contributed by atoms with Crippen molar-refractivity contribution < 1.29 is 4.74 Å². The number of fused-ring (bicyclic) bond motifs is 1. The van der Waals surface area contributed by atoms with Crippen LogP contribution in [0.15, 0.2) is 71.5 Å². The van der Waals surface area contributed by atoms with Gasteiger partial charge in [-0.2, -0.15) is 5.26 Å². The molecule has 0 atom stereocenters. The zero-order chi connectivity index (χ0) is 19.7. The predicted octanol–water partition coefficient (Wildman–Crippen LogP) is 4.36. The molecular weight excluding hydrogens is 370 g/mol. The van der Waals surface area contributed by atoms with Gasteiger partial charge in [0.15, 0.2) is 4.96 Å². The highest BCUT2D eigenvalue weighted by Crippen LogP contribution is 2.33. The lowest BCUT2D eigenvalue weighted by atomic mass is 9.96. The molecule has 4 aromatic rings. The van der Waals surface area contributed by atoms with Crippen molar-refractivity contribution >= 4 is 21.9 Å². The summed E-state index contributed by atoms with van der Waals surface area (Å²) in [5, 5.41) is 10.9. The summed E-state index contributed by atoms with van der Waals surface area (Å²) in [6, 6.07) is 16.5. The van der Waals surface area contributed by atoms with Crippen LogP contribution in [0.2, 0.25) is 0 Å². The molecule has 0 unspecified atom stereocenters. The van der Waals surface area contributed by atoms with E-state index in [1.165, 1.54) is 15.7 Å². The van der Waals surface area contributed by atoms with Gasteiger partial charge in [0.25, 0.3) is 5.56 Å². The number of nitrogens with zero attached hydrogens (tertiary/aromatic N) is 3. The number of thiazole rings is 1. The highest BCUT2D eigenvalue weighted by Gasteiger charge is 2.20. The summed E-state index contributed by atoms with van der Waals surface area (Å²) in [4.78, 5) is 18.6. The maximum Gasteiger partial charge on any atom is 0.267 e. The summed E-state index contributed by atoms with van der Waals surface area (Å²) in [5.41, 5.74) is 3.35. The first kappa shape index (κ1) is 17.7. The molecule has 2 heterocycles. The number of aromatic nitrogens is 2. The Morgan fingerprint density at radius 2 is 1.96 bits per heavy atom. The Bertz CT molecular complexity index is 1290. The molecule has 0 aliphatic rings. The largest absolute Gasteiger partial charge is 0.496 e. The van der Waals surface area contributed by atoms with E-state index in [0.29, 0.717) is 38.7 Å². The lowest BCUT2D eigenvalue weighted by molar-refractivity contribution is 0.413. The minimum atomic E-state index is -0.179. The van der Waals surface area contributed by atoms with Gasteiger partial charge in [-0.1, -0.05) is 36.9 Å². The van der Waals surface area contributed by atoms with Crippen LogP contribution in [0.1, 0.15) is 16.8 Å². The standard InChI is InChI=1S/C22H15N3O2S/c1-14(17-5-3-4-6-18(17)27-2)20-19(16-9-7-15(13-23)8-10-16)21(26)25-11-12-28-22(25)24-20/h3-12H,1H2,2H3. The fourth-order valence-electron chi connectivity index (χ4n) is 3.09. The first-order valence-electron chi connectivity index (χ1n) is 8.47. The topological polar surface area (TPSA) is 67.4 Å². The molecule has 0 N–H and O–H groups in total.